The first-order chi connectivity index (χ1) is 2.27. The summed E-state index contributed by atoms with van der Waals surface area (Å²) in [5, 5.41) is 2.86. The van der Waals surface area contributed by atoms with Gasteiger partial charge in [-0.05, 0) is 0 Å². The Labute approximate surface area is 58.3 Å². The molecule has 0 aromatic heterocycles. The maximum atomic E-state index is 4.69. The van der Waals surface area contributed by atoms with Crippen LogP contribution in [0.1, 0.15) is 0 Å². The third-order valence-electron chi connectivity index (χ3n) is 0.149. The fraction of sp³-hybridized carbons (Fsp3) is 0. The molecule has 46 valence electrons. The largest absolute Gasteiger partial charge is 0.369 e. The highest BCUT2D eigenvalue weighted by molar-refractivity contribution is 8.93. The highest BCUT2D eigenvalue weighted by Crippen LogP contribution is 1.31. The van der Waals surface area contributed by atoms with E-state index in [9.17, 15) is 0 Å². The summed E-state index contributed by atoms with van der Waals surface area (Å²) in [6.07, 6.45) is 0. The Balaban J connectivity index is -0.0000000800. The standard InChI is InChI=1S/CH6N4.BrH.ClH/c2-1(3)5-4;;/h4H2,(H4,2,3,5);2*1H. The van der Waals surface area contributed by atoms with Gasteiger partial charge in [0.2, 0.25) is 5.96 Å². The second-order valence-corrected chi connectivity index (χ2v) is 0.554. The van der Waals surface area contributed by atoms with Gasteiger partial charge in [0.25, 0.3) is 0 Å². The summed E-state index contributed by atoms with van der Waals surface area (Å²) >= 11 is 0. The first-order valence-corrected chi connectivity index (χ1v) is 1.06. The van der Waals surface area contributed by atoms with Crippen molar-refractivity contribution in [3.05, 3.63) is 0 Å². The lowest BCUT2D eigenvalue weighted by Gasteiger charge is -1.76. The van der Waals surface area contributed by atoms with E-state index >= 15 is 0 Å². The average Bonchev–Trinajstić information content (AvgIpc) is 1.38. The van der Waals surface area contributed by atoms with Crippen LogP contribution in [0.4, 0.5) is 0 Å². The van der Waals surface area contributed by atoms with Gasteiger partial charge in [-0.1, -0.05) is 0 Å². The summed E-state index contributed by atoms with van der Waals surface area (Å²) in [4.78, 5) is 0. The van der Waals surface area contributed by atoms with Crippen LogP contribution in [-0.2, 0) is 0 Å². The van der Waals surface area contributed by atoms with Gasteiger partial charge in [0.1, 0.15) is 0 Å². The topological polar surface area (TPSA) is 90.4 Å². The summed E-state index contributed by atoms with van der Waals surface area (Å²) < 4.78 is 0. The van der Waals surface area contributed by atoms with Crippen molar-refractivity contribution in [3.8, 4) is 0 Å². The number of hydrogen-bond acceptors (Lipinski definition) is 2. The molecule has 0 aliphatic carbocycles. The van der Waals surface area contributed by atoms with E-state index in [4.69, 9.17) is 11.5 Å². The minimum absolute atomic E-state index is 0. The maximum Gasteiger partial charge on any atom is 0.208 e. The summed E-state index contributed by atoms with van der Waals surface area (Å²) in [5.74, 6) is 4.42. The Bertz CT molecular complexity index is 49.7. The van der Waals surface area contributed by atoms with E-state index in [1.165, 1.54) is 0 Å². The average molecular weight is 191 g/mol. The van der Waals surface area contributed by atoms with Crippen LogP contribution >= 0.6 is 29.4 Å². The van der Waals surface area contributed by atoms with Gasteiger partial charge in [0.05, 0.1) is 0 Å². The number of hydrazone groups is 1. The van der Waals surface area contributed by atoms with Gasteiger partial charge in [-0.15, -0.1) is 34.5 Å². The summed E-state index contributed by atoms with van der Waals surface area (Å²) in [5.41, 5.74) is 9.39. The van der Waals surface area contributed by atoms with E-state index in [1.807, 2.05) is 0 Å². The molecule has 0 atom stereocenters. The van der Waals surface area contributed by atoms with Crippen molar-refractivity contribution >= 4 is 35.3 Å². The number of hydrogen-bond donors (Lipinski definition) is 3. The van der Waals surface area contributed by atoms with Crippen LogP contribution in [0, 0.1) is 0 Å². The first-order valence-electron chi connectivity index (χ1n) is 1.06. The molecule has 0 saturated carbocycles. The predicted molar refractivity (Wildman–Crippen MR) is 37.6 cm³/mol. The van der Waals surface area contributed by atoms with Gasteiger partial charge < -0.3 is 17.3 Å². The number of nitrogens with two attached hydrogens (primary N) is 3. The zero-order valence-electron chi connectivity index (χ0n) is 3.50. The van der Waals surface area contributed by atoms with Crippen molar-refractivity contribution in [2.24, 2.45) is 22.4 Å². The van der Waals surface area contributed by atoms with E-state index in [0.29, 0.717) is 0 Å². The quantitative estimate of drug-likeness (QED) is 0.201. The van der Waals surface area contributed by atoms with Gasteiger partial charge in [-0.25, -0.2) is 0 Å². The molecule has 6 heteroatoms. The Hall–Kier alpha value is -0.160. The molecule has 0 aliphatic heterocycles. The molecule has 0 amide bonds. The molecule has 0 radical (unpaired) electrons. The van der Waals surface area contributed by atoms with Crippen LogP contribution in [0.2, 0.25) is 0 Å². The predicted octanol–water partition coefficient (Wildman–Crippen LogP) is -0.867. The molecule has 7 heavy (non-hydrogen) atoms. The molecule has 0 saturated heterocycles. The van der Waals surface area contributed by atoms with Crippen molar-refractivity contribution < 1.29 is 0 Å². The zero-order valence-corrected chi connectivity index (χ0v) is 6.03. The van der Waals surface area contributed by atoms with Gasteiger partial charge in [-0.3, -0.25) is 0 Å². The van der Waals surface area contributed by atoms with Crippen molar-refractivity contribution in [1.82, 2.24) is 0 Å². The van der Waals surface area contributed by atoms with Crippen molar-refractivity contribution in [2.45, 2.75) is 0 Å². The van der Waals surface area contributed by atoms with Crippen LogP contribution in [0.3, 0.4) is 0 Å². The zero-order chi connectivity index (χ0) is 4.28. The molecule has 0 bridgehead atoms. The van der Waals surface area contributed by atoms with Gasteiger partial charge >= 0.3 is 0 Å². The third-order valence-corrected chi connectivity index (χ3v) is 0.149. The summed E-state index contributed by atoms with van der Waals surface area (Å²) in [7, 11) is 0. The molecule has 0 unspecified atom stereocenters. The van der Waals surface area contributed by atoms with Crippen LogP contribution in [0.5, 0.6) is 0 Å². The number of halogens is 2. The SMILES string of the molecule is Br.Cl.NN=C(N)N. The minimum atomic E-state index is -0.0926. The molecular formula is CH8BrClN4. The van der Waals surface area contributed by atoms with Gasteiger partial charge in [-0.2, -0.15) is 0 Å². The van der Waals surface area contributed by atoms with E-state index in [1.54, 1.807) is 0 Å². The summed E-state index contributed by atoms with van der Waals surface area (Å²) in [6.45, 7) is 0. The molecule has 0 aromatic rings. The van der Waals surface area contributed by atoms with Crippen LogP contribution in [0.15, 0.2) is 5.10 Å². The molecule has 4 nitrogen and oxygen atoms in total. The molecule has 0 fully saturated rings. The molecule has 6 N–H and O–H groups in total. The van der Waals surface area contributed by atoms with Crippen LogP contribution < -0.4 is 17.3 Å². The highest BCUT2D eigenvalue weighted by Gasteiger charge is 1.62. The van der Waals surface area contributed by atoms with Crippen LogP contribution in [-0.4, -0.2) is 5.96 Å². The van der Waals surface area contributed by atoms with Crippen molar-refractivity contribution in [1.29, 1.82) is 0 Å². The van der Waals surface area contributed by atoms with E-state index < -0.39 is 0 Å². The van der Waals surface area contributed by atoms with Crippen molar-refractivity contribution in [2.75, 3.05) is 0 Å². The van der Waals surface area contributed by atoms with E-state index in [0.717, 1.165) is 0 Å². The number of nitrogens with zero attached hydrogens (tertiary/aromatic N) is 1. The van der Waals surface area contributed by atoms with Crippen LogP contribution in [0.25, 0.3) is 0 Å². The van der Waals surface area contributed by atoms with E-state index in [-0.39, 0.29) is 35.3 Å². The van der Waals surface area contributed by atoms with Crippen molar-refractivity contribution in [3.63, 3.8) is 0 Å². The second-order valence-electron chi connectivity index (χ2n) is 0.554. The second kappa shape index (κ2) is 9.28. The summed E-state index contributed by atoms with van der Waals surface area (Å²) in [6, 6.07) is 0. The molecule has 0 spiro atoms. The van der Waals surface area contributed by atoms with E-state index in [2.05, 4.69) is 10.9 Å². The number of rotatable bonds is 0. The Morgan fingerprint density at radius 3 is 1.43 bits per heavy atom. The lowest BCUT2D eigenvalue weighted by molar-refractivity contribution is 1.21. The molecule has 0 aromatic carbocycles. The lowest BCUT2D eigenvalue weighted by Crippen LogP contribution is -2.23. The molecule has 0 aliphatic rings. The Morgan fingerprint density at radius 1 is 1.29 bits per heavy atom. The monoisotopic (exact) mass is 190 g/mol. The third kappa shape index (κ3) is 25.4. The Morgan fingerprint density at radius 2 is 1.43 bits per heavy atom. The van der Waals surface area contributed by atoms with Gasteiger partial charge in [0.15, 0.2) is 0 Å². The minimum Gasteiger partial charge on any atom is -0.369 e. The lowest BCUT2D eigenvalue weighted by atomic mass is 11.1. The normalized spacial score (nSPS) is 4.57. The van der Waals surface area contributed by atoms with Gasteiger partial charge in [0, 0.05) is 0 Å². The number of guanidine groups is 1. The molecule has 0 rings (SSSR count). The molecular weight excluding hydrogens is 183 g/mol. The Kier molecular flexibility index (Phi) is 21.0. The smallest absolute Gasteiger partial charge is 0.208 e. The first kappa shape index (κ1) is 15.8. The highest BCUT2D eigenvalue weighted by atomic mass is 79.9. The fourth-order valence-electron chi connectivity index (χ4n) is 0. The fourth-order valence-corrected chi connectivity index (χ4v) is 0. The molecule has 0 heterocycles. The maximum absolute atomic E-state index is 4.69.